The van der Waals surface area contributed by atoms with E-state index >= 15 is 0 Å². The zero-order valence-electron chi connectivity index (χ0n) is 8.28. The summed E-state index contributed by atoms with van der Waals surface area (Å²) in [6.45, 7) is -0.0927. The highest BCUT2D eigenvalue weighted by atomic mass is 35.5. The minimum absolute atomic E-state index is 0.0881. The second-order valence-corrected chi connectivity index (χ2v) is 4.13. The molecule has 8 heteroatoms. The molecule has 1 aromatic carbocycles. The van der Waals surface area contributed by atoms with Gasteiger partial charge >= 0.3 is 5.43 Å². The lowest BCUT2D eigenvalue weighted by atomic mass is 10.1. The molecular weight excluding hydrogens is 292 g/mol. The number of nitro groups is 1. The first-order valence-corrected chi connectivity index (χ1v) is 5.49. The Balaban J connectivity index is 2.96. The summed E-state index contributed by atoms with van der Waals surface area (Å²) in [6, 6.07) is 2.57. The van der Waals surface area contributed by atoms with Crippen LogP contribution in [-0.4, -0.2) is 17.0 Å². The van der Waals surface area contributed by atoms with Gasteiger partial charge in [-0.3, -0.25) is 10.1 Å². The Morgan fingerprint density at radius 1 is 1.41 bits per heavy atom. The van der Waals surface area contributed by atoms with E-state index in [2.05, 4.69) is 4.74 Å². The number of carbonyl (C=O) groups is 1. The number of hydrogen-bond donors (Lipinski definition) is 0. The molecule has 0 saturated carbocycles. The van der Waals surface area contributed by atoms with E-state index in [9.17, 15) is 14.9 Å². The molecule has 1 aromatic rings. The predicted octanol–water partition coefficient (Wildman–Crippen LogP) is 3.82. The molecule has 0 atom stereocenters. The first-order chi connectivity index (χ1) is 7.91. The Morgan fingerprint density at radius 2 is 2.06 bits per heavy atom. The molecule has 0 bridgehead atoms. The van der Waals surface area contributed by atoms with Gasteiger partial charge in [0.25, 0.3) is 5.69 Å². The molecule has 0 spiro atoms. The number of benzene rings is 1. The average molecular weight is 299 g/mol. The SMILES string of the molecule is O=C(Cl)OCCc1c(Cl)cc(Cl)cc1[N+](=O)[O-]. The van der Waals surface area contributed by atoms with Crippen molar-refractivity contribution in [2.45, 2.75) is 6.42 Å². The zero-order chi connectivity index (χ0) is 13.0. The number of nitro benzene ring substituents is 1. The van der Waals surface area contributed by atoms with Crippen molar-refractivity contribution in [1.29, 1.82) is 0 Å². The Kier molecular flexibility index (Phi) is 4.99. The van der Waals surface area contributed by atoms with Crippen LogP contribution in [0.5, 0.6) is 0 Å². The van der Waals surface area contributed by atoms with Crippen molar-refractivity contribution in [2.75, 3.05) is 6.61 Å². The molecule has 0 aliphatic carbocycles. The number of hydrogen-bond acceptors (Lipinski definition) is 4. The fourth-order valence-corrected chi connectivity index (χ4v) is 1.89. The van der Waals surface area contributed by atoms with Gasteiger partial charge in [0.2, 0.25) is 0 Å². The molecule has 0 unspecified atom stereocenters. The quantitative estimate of drug-likeness (QED) is 0.481. The number of nitrogens with zero attached hydrogens (tertiary/aromatic N) is 1. The molecule has 1 rings (SSSR count). The van der Waals surface area contributed by atoms with Crippen LogP contribution in [0.2, 0.25) is 10.0 Å². The second kappa shape index (κ2) is 6.05. The maximum Gasteiger partial charge on any atom is 0.403 e. The Bertz CT molecular complexity index is 464. The van der Waals surface area contributed by atoms with Gasteiger partial charge in [-0.2, -0.15) is 0 Å². The minimum atomic E-state index is -0.974. The third-order valence-corrected chi connectivity index (χ3v) is 2.57. The molecule has 17 heavy (non-hydrogen) atoms. The highest BCUT2D eigenvalue weighted by Gasteiger charge is 2.18. The van der Waals surface area contributed by atoms with Crippen molar-refractivity contribution >= 4 is 45.9 Å². The topological polar surface area (TPSA) is 69.4 Å². The monoisotopic (exact) mass is 297 g/mol. The van der Waals surface area contributed by atoms with Crippen molar-refractivity contribution in [3.8, 4) is 0 Å². The molecule has 0 radical (unpaired) electrons. The highest BCUT2D eigenvalue weighted by molar-refractivity contribution is 6.61. The van der Waals surface area contributed by atoms with Crippen molar-refractivity contribution in [3.63, 3.8) is 0 Å². The maximum atomic E-state index is 10.8. The van der Waals surface area contributed by atoms with Gasteiger partial charge in [-0.1, -0.05) is 23.2 Å². The van der Waals surface area contributed by atoms with Crippen LogP contribution in [0.3, 0.4) is 0 Å². The van der Waals surface area contributed by atoms with Gasteiger partial charge < -0.3 is 4.74 Å². The molecule has 0 fully saturated rings. The fourth-order valence-electron chi connectivity index (χ4n) is 1.23. The minimum Gasteiger partial charge on any atom is -0.453 e. The first kappa shape index (κ1) is 14.0. The lowest BCUT2D eigenvalue weighted by Gasteiger charge is -2.06. The van der Waals surface area contributed by atoms with Gasteiger partial charge in [0.05, 0.1) is 22.1 Å². The Labute approximate surface area is 111 Å². The van der Waals surface area contributed by atoms with Gasteiger partial charge in [-0.15, -0.1) is 0 Å². The highest BCUT2D eigenvalue weighted by Crippen LogP contribution is 2.31. The number of ether oxygens (including phenoxy) is 1. The summed E-state index contributed by atoms with van der Waals surface area (Å²) >= 11 is 16.4. The van der Waals surface area contributed by atoms with Crippen LogP contribution in [0.4, 0.5) is 10.5 Å². The van der Waals surface area contributed by atoms with Gasteiger partial charge in [0.15, 0.2) is 0 Å². The second-order valence-electron chi connectivity index (χ2n) is 2.98. The fraction of sp³-hybridized carbons (Fsp3) is 0.222. The largest absolute Gasteiger partial charge is 0.453 e. The van der Waals surface area contributed by atoms with E-state index in [-0.39, 0.29) is 34.3 Å². The molecule has 0 aliphatic rings. The van der Waals surface area contributed by atoms with Gasteiger partial charge in [0, 0.05) is 29.1 Å². The third kappa shape index (κ3) is 4.03. The zero-order valence-corrected chi connectivity index (χ0v) is 10.6. The van der Waals surface area contributed by atoms with E-state index in [1.165, 1.54) is 12.1 Å². The van der Waals surface area contributed by atoms with Gasteiger partial charge in [-0.25, -0.2) is 4.79 Å². The summed E-state index contributed by atoms with van der Waals surface area (Å²) in [5.74, 6) is 0. The van der Waals surface area contributed by atoms with Crippen molar-refractivity contribution in [1.82, 2.24) is 0 Å². The van der Waals surface area contributed by atoms with E-state index in [0.29, 0.717) is 0 Å². The number of rotatable bonds is 4. The van der Waals surface area contributed by atoms with Crippen LogP contribution in [-0.2, 0) is 11.2 Å². The lowest BCUT2D eigenvalue weighted by molar-refractivity contribution is -0.385. The molecule has 0 amide bonds. The number of carbonyl (C=O) groups excluding carboxylic acids is 1. The predicted molar refractivity (Wildman–Crippen MR) is 64.0 cm³/mol. The first-order valence-electron chi connectivity index (χ1n) is 4.36. The Morgan fingerprint density at radius 3 is 2.59 bits per heavy atom. The molecule has 0 N–H and O–H groups in total. The van der Waals surface area contributed by atoms with Crippen LogP contribution < -0.4 is 0 Å². The maximum absolute atomic E-state index is 10.8. The van der Waals surface area contributed by atoms with Crippen LogP contribution in [0.1, 0.15) is 5.56 Å². The normalized spacial score (nSPS) is 10.1. The lowest BCUT2D eigenvalue weighted by Crippen LogP contribution is -2.04. The molecule has 92 valence electrons. The third-order valence-electron chi connectivity index (χ3n) is 1.90. The molecule has 0 saturated heterocycles. The van der Waals surface area contributed by atoms with Crippen LogP contribution in [0.25, 0.3) is 0 Å². The smallest absolute Gasteiger partial charge is 0.403 e. The van der Waals surface area contributed by atoms with Crippen molar-refractivity contribution in [3.05, 3.63) is 37.9 Å². The van der Waals surface area contributed by atoms with Crippen molar-refractivity contribution in [2.24, 2.45) is 0 Å². The average Bonchev–Trinajstić information content (AvgIpc) is 2.19. The molecule has 0 aliphatic heterocycles. The van der Waals surface area contributed by atoms with E-state index in [1.807, 2.05) is 0 Å². The number of halogens is 3. The molecular formula is C9H6Cl3NO4. The molecule has 5 nitrogen and oxygen atoms in total. The Hall–Kier alpha value is -1.04. The van der Waals surface area contributed by atoms with Crippen LogP contribution in [0.15, 0.2) is 12.1 Å². The van der Waals surface area contributed by atoms with Gasteiger partial charge in [0.1, 0.15) is 0 Å². The van der Waals surface area contributed by atoms with E-state index in [1.54, 1.807) is 0 Å². The van der Waals surface area contributed by atoms with E-state index in [4.69, 9.17) is 34.8 Å². The molecule has 0 aromatic heterocycles. The summed E-state index contributed by atoms with van der Waals surface area (Å²) < 4.78 is 4.48. The standard InChI is InChI=1S/C9H6Cl3NO4/c10-5-3-7(11)6(1-2-17-9(12)14)8(4-5)13(15)16/h3-4H,1-2H2. The van der Waals surface area contributed by atoms with Crippen LogP contribution in [0, 0.1) is 10.1 Å². The van der Waals surface area contributed by atoms with Crippen LogP contribution >= 0.6 is 34.8 Å². The van der Waals surface area contributed by atoms with E-state index in [0.717, 1.165) is 0 Å². The van der Waals surface area contributed by atoms with Crippen molar-refractivity contribution < 1.29 is 14.5 Å². The molecule has 0 heterocycles. The summed E-state index contributed by atoms with van der Waals surface area (Å²) in [6.07, 6.45) is 0.0881. The van der Waals surface area contributed by atoms with E-state index < -0.39 is 10.4 Å². The summed E-state index contributed by atoms with van der Waals surface area (Å²) in [4.78, 5) is 20.5. The summed E-state index contributed by atoms with van der Waals surface area (Å²) in [5.41, 5.74) is -0.940. The van der Waals surface area contributed by atoms with Gasteiger partial charge in [-0.05, 0) is 6.07 Å². The summed E-state index contributed by atoms with van der Waals surface area (Å²) in [7, 11) is 0. The summed E-state index contributed by atoms with van der Waals surface area (Å²) in [5, 5.41) is 11.1.